The third-order valence-electron chi connectivity index (χ3n) is 2.27. The highest BCUT2D eigenvalue weighted by atomic mass is 32.1. The number of hydrogen-bond donors (Lipinski definition) is 1. The van der Waals surface area contributed by atoms with Crippen LogP contribution in [-0.2, 0) is 6.42 Å². The van der Waals surface area contributed by atoms with Gasteiger partial charge < -0.3 is 5.32 Å². The van der Waals surface area contributed by atoms with Crippen LogP contribution in [0.25, 0.3) is 0 Å². The SMILES string of the molecule is c1cc(C[C@H]2CCNC2)cs1. The highest BCUT2D eigenvalue weighted by molar-refractivity contribution is 7.07. The topological polar surface area (TPSA) is 12.0 Å². The summed E-state index contributed by atoms with van der Waals surface area (Å²) in [6.07, 6.45) is 2.63. The average Bonchev–Trinajstić information content (AvgIpc) is 2.60. The molecule has 1 aromatic heterocycles. The molecule has 0 unspecified atom stereocenters. The van der Waals surface area contributed by atoms with Gasteiger partial charge in [-0.15, -0.1) is 0 Å². The van der Waals surface area contributed by atoms with Gasteiger partial charge in [0.1, 0.15) is 0 Å². The maximum Gasteiger partial charge on any atom is -0.00169 e. The molecule has 0 saturated carbocycles. The van der Waals surface area contributed by atoms with Crippen LogP contribution in [-0.4, -0.2) is 13.1 Å². The molecule has 1 N–H and O–H groups in total. The maximum atomic E-state index is 3.39. The van der Waals surface area contributed by atoms with Gasteiger partial charge in [0.05, 0.1) is 0 Å². The quantitative estimate of drug-likeness (QED) is 0.709. The molecule has 1 nitrogen and oxygen atoms in total. The van der Waals surface area contributed by atoms with Crippen molar-refractivity contribution < 1.29 is 0 Å². The molecule has 0 aliphatic carbocycles. The van der Waals surface area contributed by atoms with E-state index < -0.39 is 0 Å². The van der Waals surface area contributed by atoms with Crippen LogP contribution in [0.3, 0.4) is 0 Å². The lowest BCUT2D eigenvalue weighted by molar-refractivity contribution is 0.581. The molecule has 0 bridgehead atoms. The minimum Gasteiger partial charge on any atom is -0.316 e. The van der Waals surface area contributed by atoms with Gasteiger partial charge in [-0.25, -0.2) is 0 Å². The zero-order valence-corrected chi connectivity index (χ0v) is 7.36. The Morgan fingerprint density at radius 2 is 2.64 bits per heavy atom. The number of nitrogens with one attached hydrogen (secondary N) is 1. The standard InChI is InChI=1S/C9H13NS/c1-3-10-6-8(1)5-9-2-4-11-7-9/h2,4,7-8,10H,1,3,5-6H2/t8-/m1/s1. The van der Waals surface area contributed by atoms with Gasteiger partial charge >= 0.3 is 0 Å². The lowest BCUT2D eigenvalue weighted by Crippen LogP contribution is -2.10. The summed E-state index contributed by atoms with van der Waals surface area (Å²) < 4.78 is 0. The van der Waals surface area contributed by atoms with Gasteiger partial charge in [0.25, 0.3) is 0 Å². The van der Waals surface area contributed by atoms with Crippen molar-refractivity contribution in [1.29, 1.82) is 0 Å². The van der Waals surface area contributed by atoms with E-state index in [4.69, 9.17) is 0 Å². The van der Waals surface area contributed by atoms with E-state index in [-0.39, 0.29) is 0 Å². The Morgan fingerprint density at radius 1 is 1.64 bits per heavy atom. The van der Waals surface area contributed by atoms with E-state index in [0.29, 0.717) is 0 Å². The van der Waals surface area contributed by atoms with E-state index in [9.17, 15) is 0 Å². The van der Waals surface area contributed by atoms with Gasteiger partial charge in [0.15, 0.2) is 0 Å². The minimum atomic E-state index is 0.893. The van der Waals surface area contributed by atoms with Crippen molar-refractivity contribution in [3.8, 4) is 0 Å². The third-order valence-corrected chi connectivity index (χ3v) is 3.00. The smallest absolute Gasteiger partial charge is 0.00169 e. The average molecular weight is 167 g/mol. The molecule has 2 heterocycles. The number of hydrogen-bond acceptors (Lipinski definition) is 2. The molecule has 1 fully saturated rings. The number of rotatable bonds is 2. The second-order valence-corrected chi connectivity index (χ2v) is 3.97. The summed E-state index contributed by atoms with van der Waals surface area (Å²) in [5.41, 5.74) is 1.52. The lowest BCUT2D eigenvalue weighted by atomic mass is 10.0. The largest absolute Gasteiger partial charge is 0.316 e. The van der Waals surface area contributed by atoms with E-state index in [1.807, 2.05) is 0 Å². The Hall–Kier alpha value is -0.340. The zero-order valence-electron chi connectivity index (χ0n) is 6.55. The van der Waals surface area contributed by atoms with Gasteiger partial charge in [0, 0.05) is 0 Å². The van der Waals surface area contributed by atoms with Crippen molar-refractivity contribution in [2.45, 2.75) is 12.8 Å². The first kappa shape index (κ1) is 7.32. The first-order chi connectivity index (χ1) is 5.45. The zero-order chi connectivity index (χ0) is 7.52. The molecule has 1 aromatic rings. The molecule has 11 heavy (non-hydrogen) atoms. The van der Waals surface area contributed by atoms with Crippen molar-refractivity contribution in [3.63, 3.8) is 0 Å². The molecule has 1 atom stereocenters. The van der Waals surface area contributed by atoms with Crippen LogP contribution in [0.4, 0.5) is 0 Å². The van der Waals surface area contributed by atoms with Crippen LogP contribution in [0.15, 0.2) is 16.8 Å². The van der Waals surface area contributed by atoms with Crippen LogP contribution >= 0.6 is 11.3 Å². The molecular formula is C9H13NS. The first-order valence-corrected chi connectivity index (χ1v) is 5.11. The van der Waals surface area contributed by atoms with Crippen LogP contribution in [0, 0.1) is 5.92 Å². The summed E-state index contributed by atoms with van der Waals surface area (Å²) >= 11 is 1.80. The van der Waals surface area contributed by atoms with Crippen molar-refractivity contribution in [1.82, 2.24) is 5.32 Å². The molecule has 1 saturated heterocycles. The predicted molar refractivity (Wildman–Crippen MR) is 49.0 cm³/mol. The Bertz CT molecular complexity index is 199. The number of thiophene rings is 1. The Kier molecular flexibility index (Phi) is 2.24. The summed E-state index contributed by atoms with van der Waals surface area (Å²) in [5.74, 6) is 0.893. The molecule has 2 heteroatoms. The summed E-state index contributed by atoms with van der Waals surface area (Å²) in [5, 5.41) is 7.81. The lowest BCUT2D eigenvalue weighted by Gasteiger charge is -2.04. The molecular weight excluding hydrogens is 154 g/mol. The first-order valence-electron chi connectivity index (χ1n) is 4.17. The van der Waals surface area contributed by atoms with Gasteiger partial charge in [-0.3, -0.25) is 0 Å². The summed E-state index contributed by atoms with van der Waals surface area (Å²) in [6, 6.07) is 2.24. The van der Waals surface area contributed by atoms with Crippen LogP contribution in [0.5, 0.6) is 0 Å². The van der Waals surface area contributed by atoms with Crippen molar-refractivity contribution in [2.24, 2.45) is 5.92 Å². The minimum absolute atomic E-state index is 0.893. The second-order valence-electron chi connectivity index (χ2n) is 3.19. The fourth-order valence-corrected chi connectivity index (χ4v) is 2.31. The summed E-state index contributed by atoms with van der Waals surface area (Å²) in [6.45, 7) is 2.44. The molecule has 2 rings (SSSR count). The fourth-order valence-electron chi connectivity index (χ4n) is 1.63. The van der Waals surface area contributed by atoms with E-state index in [2.05, 4.69) is 22.1 Å². The fraction of sp³-hybridized carbons (Fsp3) is 0.556. The van der Waals surface area contributed by atoms with Crippen molar-refractivity contribution >= 4 is 11.3 Å². The molecule has 0 aromatic carbocycles. The van der Waals surface area contributed by atoms with Crippen LogP contribution < -0.4 is 5.32 Å². The molecule has 0 amide bonds. The van der Waals surface area contributed by atoms with E-state index in [0.717, 1.165) is 5.92 Å². The van der Waals surface area contributed by atoms with Crippen molar-refractivity contribution in [3.05, 3.63) is 22.4 Å². The summed E-state index contributed by atoms with van der Waals surface area (Å²) in [4.78, 5) is 0. The Morgan fingerprint density at radius 3 is 3.27 bits per heavy atom. The van der Waals surface area contributed by atoms with E-state index in [1.54, 1.807) is 11.3 Å². The maximum absolute atomic E-state index is 3.39. The van der Waals surface area contributed by atoms with Crippen LogP contribution in [0.1, 0.15) is 12.0 Å². The normalized spacial score (nSPS) is 24.2. The molecule has 1 aliphatic rings. The third kappa shape index (κ3) is 1.82. The van der Waals surface area contributed by atoms with E-state index >= 15 is 0 Å². The molecule has 60 valence electrons. The summed E-state index contributed by atoms with van der Waals surface area (Å²) in [7, 11) is 0. The van der Waals surface area contributed by atoms with Gasteiger partial charge in [-0.2, -0.15) is 11.3 Å². The highest BCUT2D eigenvalue weighted by Gasteiger charge is 2.14. The van der Waals surface area contributed by atoms with E-state index in [1.165, 1.54) is 31.5 Å². The Balaban J connectivity index is 1.90. The van der Waals surface area contributed by atoms with Gasteiger partial charge in [-0.05, 0) is 54.2 Å². The van der Waals surface area contributed by atoms with Gasteiger partial charge in [-0.1, -0.05) is 0 Å². The highest BCUT2D eigenvalue weighted by Crippen LogP contribution is 2.16. The Labute approximate surface area is 71.4 Å². The molecule has 1 aliphatic heterocycles. The monoisotopic (exact) mass is 167 g/mol. The van der Waals surface area contributed by atoms with Gasteiger partial charge in [0.2, 0.25) is 0 Å². The van der Waals surface area contributed by atoms with Crippen LogP contribution in [0.2, 0.25) is 0 Å². The predicted octanol–water partition coefficient (Wildman–Crippen LogP) is 1.90. The second kappa shape index (κ2) is 3.37. The molecule has 0 spiro atoms. The molecule has 0 radical (unpaired) electrons. The van der Waals surface area contributed by atoms with Crippen molar-refractivity contribution in [2.75, 3.05) is 13.1 Å².